The predicted octanol–water partition coefficient (Wildman–Crippen LogP) is 2.86. The summed E-state index contributed by atoms with van der Waals surface area (Å²) in [5.41, 5.74) is 1.02. The zero-order valence-corrected chi connectivity index (χ0v) is 16.6. The Kier molecular flexibility index (Phi) is 5.85. The predicted molar refractivity (Wildman–Crippen MR) is 106 cm³/mol. The van der Waals surface area contributed by atoms with Crippen LogP contribution in [-0.4, -0.2) is 39.6 Å². The number of nitro benzene ring substituents is 1. The largest absolute Gasteiger partial charge is 0.497 e. The second kappa shape index (κ2) is 8.15. The van der Waals surface area contributed by atoms with Gasteiger partial charge in [-0.2, -0.15) is 0 Å². The van der Waals surface area contributed by atoms with Gasteiger partial charge in [0.2, 0.25) is 10.0 Å². The number of nitrogens with one attached hydrogen (secondary N) is 1. The van der Waals surface area contributed by atoms with Crippen LogP contribution in [0.2, 0.25) is 0 Å². The number of sulfonamides is 1. The number of rotatable bonds is 6. The van der Waals surface area contributed by atoms with Crippen molar-refractivity contribution in [2.75, 3.05) is 25.1 Å². The van der Waals surface area contributed by atoms with Crippen LogP contribution in [0.5, 0.6) is 5.75 Å². The SMILES string of the molecule is COc1ccc(N2CCC(NS(=O)(=O)c3cccc([N+](=O)[O-])c3C)CC2)cc1. The summed E-state index contributed by atoms with van der Waals surface area (Å²) < 4.78 is 33.4. The number of methoxy groups -OCH3 is 1. The molecule has 0 atom stereocenters. The summed E-state index contributed by atoms with van der Waals surface area (Å²) >= 11 is 0. The van der Waals surface area contributed by atoms with Crippen LogP contribution in [0.1, 0.15) is 18.4 Å². The average molecular weight is 405 g/mol. The van der Waals surface area contributed by atoms with E-state index in [-0.39, 0.29) is 22.2 Å². The van der Waals surface area contributed by atoms with Gasteiger partial charge >= 0.3 is 0 Å². The summed E-state index contributed by atoms with van der Waals surface area (Å²) in [6.07, 6.45) is 1.30. The quantitative estimate of drug-likeness (QED) is 0.586. The third-order valence-electron chi connectivity index (χ3n) is 5.00. The minimum atomic E-state index is -3.83. The first-order chi connectivity index (χ1) is 13.3. The van der Waals surface area contributed by atoms with Crippen LogP contribution in [0.25, 0.3) is 0 Å². The number of ether oxygens (including phenoxy) is 1. The number of hydrogen-bond donors (Lipinski definition) is 1. The van der Waals surface area contributed by atoms with E-state index in [1.54, 1.807) is 7.11 Å². The third kappa shape index (κ3) is 4.26. The highest BCUT2D eigenvalue weighted by Gasteiger charge is 2.28. The van der Waals surface area contributed by atoms with E-state index in [1.165, 1.54) is 25.1 Å². The fourth-order valence-corrected chi connectivity index (χ4v) is 4.99. The molecule has 8 nitrogen and oxygen atoms in total. The first-order valence-electron chi connectivity index (χ1n) is 8.97. The maximum atomic E-state index is 12.8. The van der Waals surface area contributed by atoms with Gasteiger partial charge in [0.05, 0.1) is 16.9 Å². The van der Waals surface area contributed by atoms with Crippen molar-refractivity contribution in [3.8, 4) is 5.75 Å². The van der Waals surface area contributed by atoms with E-state index >= 15 is 0 Å². The lowest BCUT2D eigenvalue weighted by Crippen LogP contribution is -2.44. The summed E-state index contributed by atoms with van der Waals surface area (Å²) in [7, 11) is -2.21. The van der Waals surface area contributed by atoms with Gasteiger partial charge in [0.25, 0.3) is 5.69 Å². The summed E-state index contributed by atoms with van der Waals surface area (Å²) in [5, 5.41) is 11.1. The van der Waals surface area contributed by atoms with Crippen LogP contribution in [-0.2, 0) is 10.0 Å². The van der Waals surface area contributed by atoms with Gasteiger partial charge in [0, 0.05) is 36.4 Å². The Balaban J connectivity index is 1.67. The third-order valence-corrected chi connectivity index (χ3v) is 6.66. The molecule has 28 heavy (non-hydrogen) atoms. The van der Waals surface area contributed by atoms with Crippen molar-refractivity contribution in [2.45, 2.75) is 30.7 Å². The van der Waals surface area contributed by atoms with Crippen molar-refractivity contribution < 1.29 is 18.1 Å². The lowest BCUT2D eigenvalue weighted by Gasteiger charge is -2.34. The van der Waals surface area contributed by atoms with Gasteiger partial charge in [-0.15, -0.1) is 0 Å². The standard InChI is InChI=1S/C19H23N3O5S/c1-14-18(22(23)24)4-3-5-19(14)28(25,26)20-15-10-12-21(13-11-15)16-6-8-17(27-2)9-7-16/h3-9,15,20H,10-13H2,1-2H3. The molecule has 1 fully saturated rings. The Bertz CT molecular complexity index is 952. The van der Waals surface area contributed by atoms with Crippen molar-refractivity contribution in [3.05, 3.63) is 58.1 Å². The molecule has 0 saturated carbocycles. The number of benzene rings is 2. The molecule has 1 saturated heterocycles. The molecule has 150 valence electrons. The topological polar surface area (TPSA) is 102 Å². The molecule has 2 aromatic rings. The number of hydrogen-bond acceptors (Lipinski definition) is 6. The molecule has 2 aromatic carbocycles. The number of nitro groups is 1. The molecular weight excluding hydrogens is 382 g/mol. The number of nitrogens with zero attached hydrogens (tertiary/aromatic N) is 2. The molecule has 0 radical (unpaired) electrons. The average Bonchev–Trinajstić information content (AvgIpc) is 2.68. The van der Waals surface area contributed by atoms with E-state index in [9.17, 15) is 18.5 Å². The van der Waals surface area contributed by atoms with Crippen molar-refractivity contribution in [1.29, 1.82) is 0 Å². The highest BCUT2D eigenvalue weighted by atomic mass is 32.2. The summed E-state index contributed by atoms with van der Waals surface area (Å²) in [6, 6.07) is 11.7. The van der Waals surface area contributed by atoms with Gasteiger partial charge in [-0.25, -0.2) is 13.1 Å². The van der Waals surface area contributed by atoms with Gasteiger partial charge < -0.3 is 9.64 Å². The highest BCUT2D eigenvalue weighted by Crippen LogP contribution is 2.27. The molecule has 1 N–H and O–H groups in total. The molecule has 0 aliphatic carbocycles. The van der Waals surface area contributed by atoms with Crippen molar-refractivity contribution >= 4 is 21.4 Å². The monoisotopic (exact) mass is 405 g/mol. The normalized spacial score (nSPS) is 15.4. The molecule has 0 bridgehead atoms. The second-order valence-electron chi connectivity index (χ2n) is 6.74. The van der Waals surface area contributed by atoms with Gasteiger partial charge in [-0.3, -0.25) is 10.1 Å². The lowest BCUT2D eigenvalue weighted by molar-refractivity contribution is -0.385. The molecule has 9 heteroatoms. The van der Waals surface area contributed by atoms with E-state index < -0.39 is 14.9 Å². The Hall–Kier alpha value is -2.65. The lowest BCUT2D eigenvalue weighted by atomic mass is 10.1. The number of piperidine rings is 1. The van der Waals surface area contributed by atoms with Crippen LogP contribution in [0.4, 0.5) is 11.4 Å². The Morgan fingerprint density at radius 1 is 1.14 bits per heavy atom. The second-order valence-corrected chi connectivity index (χ2v) is 8.42. The van der Waals surface area contributed by atoms with Crippen LogP contribution >= 0.6 is 0 Å². The molecule has 0 aromatic heterocycles. The van der Waals surface area contributed by atoms with Crippen LogP contribution < -0.4 is 14.4 Å². The van der Waals surface area contributed by atoms with Gasteiger partial charge in [-0.1, -0.05) is 6.07 Å². The van der Waals surface area contributed by atoms with Crippen LogP contribution in [0, 0.1) is 17.0 Å². The van der Waals surface area contributed by atoms with E-state index in [1.807, 2.05) is 24.3 Å². The smallest absolute Gasteiger partial charge is 0.273 e. The van der Waals surface area contributed by atoms with Crippen molar-refractivity contribution in [3.63, 3.8) is 0 Å². The van der Waals surface area contributed by atoms with E-state index in [4.69, 9.17) is 4.74 Å². The van der Waals surface area contributed by atoms with Gasteiger partial charge in [0.15, 0.2) is 0 Å². The Morgan fingerprint density at radius 3 is 2.36 bits per heavy atom. The fourth-order valence-electron chi connectivity index (χ4n) is 3.42. The maximum Gasteiger partial charge on any atom is 0.273 e. The number of anilines is 1. The molecule has 1 aliphatic rings. The van der Waals surface area contributed by atoms with E-state index in [2.05, 4.69) is 9.62 Å². The van der Waals surface area contributed by atoms with Crippen LogP contribution in [0.3, 0.4) is 0 Å². The zero-order chi connectivity index (χ0) is 20.3. The minimum absolute atomic E-state index is 0.0423. The summed E-state index contributed by atoms with van der Waals surface area (Å²) in [5.74, 6) is 0.790. The van der Waals surface area contributed by atoms with Crippen LogP contribution in [0.15, 0.2) is 47.4 Å². The summed E-state index contributed by atoms with van der Waals surface area (Å²) in [6.45, 7) is 2.89. The molecular formula is C19H23N3O5S. The highest BCUT2D eigenvalue weighted by molar-refractivity contribution is 7.89. The molecule has 0 amide bonds. The molecule has 3 rings (SSSR count). The van der Waals surface area contributed by atoms with Gasteiger partial charge in [-0.05, 0) is 50.1 Å². The minimum Gasteiger partial charge on any atom is -0.497 e. The molecule has 1 aliphatic heterocycles. The molecule has 1 heterocycles. The first kappa shape index (κ1) is 20.1. The maximum absolute atomic E-state index is 12.8. The van der Waals surface area contributed by atoms with Gasteiger partial charge in [0.1, 0.15) is 5.75 Å². The van der Waals surface area contributed by atoms with Crippen molar-refractivity contribution in [2.24, 2.45) is 0 Å². The molecule has 0 unspecified atom stereocenters. The first-order valence-corrected chi connectivity index (χ1v) is 10.5. The van der Waals surface area contributed by atoms with E-state index in [0.29, 0.717) is 25.9 Å². The van der Waals surface area contributed by atoms with Crippen molar-refractivity contribution in [1.82, 2.24) is 4.72 Å². The molecule has 0 spiro atoms. The Morgan fingerprint density at radius 2 is 1.79 bits per heavy atom. The van der Waals surface area contributed by atoms with E-state index in [0.717, 1.165) is 11.4 Å². The summed E-state index contributed by atoms with van der Waals surface area (Å²) in [4.78, 5) is 12.7. The Labute approximate surface area is 164 Å². The fraction of sp³-hybridized carbons (Fsp3) is 0.368. The zero-order valence-electron chi connectivity index (χ0n) is 15.8.